The average Bonchev–Trinajstić information content (AvgIpc) is 2.84. The summed E-state index contributed by atoms with van der Waals surface area (Å²) >= 11 is 0. The number of nitro groups is 1. The molecule has 1 aromatic carbocycles. The minimum absolute atomic E-state index is 0.0862. The van der Waals surface area contributed by atoms with Crippen LogP contribution in [0.2, 0.25) is 0 Å². The van der Waals surface area contributed by atoms with Crippen molar-refractivity contribution in [2.75, 3.05) is 6.54 Å². The molecule has 0 amide bonds. The van der Waals surface area contributed by atoms with Crippen LogP contribution in [-0.4, -0.2) is 11.5 Å². The van der Waals surface area contributed by atoms with Gasteiger partial charge in [0.05, 0.1) is 17.7 Å². The van der Waals surface area contributed by atoms with E-state index in [0.29, 0.717) is 6.54 Å². The largest absolute Gasteiger partial charge is 0.467 e. The molecule has 0 saturated heterocycles. The standard InChI is InChI=1S/C13H14N2O3/c1-2-14-9-13-12(6-7-18-13)10-4-3-5-11(8-10)15(16)17/h3-8,14H,2,9H2,1H3. The summed E-state index contributed by atoms with van der Waals surface area (Å²) in [6.07, 6.45) is 1.60. The van der Waals surface area contributed by atoms with Gasteiger partial charge in [-0.1, -0.05) is 19.1 Å². The molecule has 0 aliphatic rings. The zero-order chi connectivity index (χ0) is 13.0. The van der Waals surface area contributed by atoms with Gasteiger partial charge in [0.25, 0.3) is 5.69 Å². The summed E-state index contributed by atoms with van der Waals surface area (Å²) in [6.45, 7) is 3.46. The number of hydrogen-bond acceptors (Lipinski definition) is 4. The van der Waals surface area contributed by atoms with Crippen LogP contribution in [-0.2, 0) is 6.54 Å². The van der Waals surface area contributed by atoms with Gasteiger partial charge in [-0.05, 0) is 18.2 Å². The van der Waals surface area contributed by atoms with Crippen LogP contribution in [0.25, 0.3) is 11.1 Å². The highest BCUT2D eigenvalue weighted by atomic mass is 16.6. The third kappa shape index (κ3) is 2.57. The van der Waals surface area contributed by atoms with Crippen LogP contribution in [0.3, 0.4) is 0 Å². The third-order valence-electron chi connectivity index (χ3n) is 2.65. The van der Waals surface area contributed by atoms with Crippen molar-refractivity contribution >= 4 is 5.69 Å². The summed E-state index contributed by atoms with van der Waals surface area (Å²) in [5.74, 6) is 0.789. The Bertz CT molecular complexity index is 549. The molecule has 0 radical (unpaired) electrons. The fourth-order valence-electron chi connectivity index (χ4n) is 1.76. The molecule has 1 N–H and O–H groups in total. The third-order valence-corrected chi connectivity index (χ3v) is 2.65. The first-order chi connectivity index (χ1) is 8.72. The molecular weight excluding hydrogens is 232 g/mol. The zero-order valence-electron chi connectivity index (χ0n) is 10.1. The van der Waals surface area contributed by atoms with Gasteiger partial charge in [-0.25, -0.2) is 0 Å². The quantitative estimate of drug-likeness (QED) is 0.650. The van der Waals surface area contributed by atoms with Gasteiger partial charge in [0.2, 0.25) is 0 Å². The lowest BCUT2D eigenvalue weighted by Crippen LogP contribution is -2.11. The molecule has 2 rings (SSSR count). The van der Waals surface area contributed by atoms with Crippen LogP contribution in [0.15, 0.2) is 41.0 Å². The second-order valence-electron chi connectivity index (χ2n) is 3.85. The van der Waals surface area contributed by atoms with Crippen molar-refractivity contribution in [1.82, 2.24) is 5.32 Å². The first-order valence-corrected chi connectivity index (χ1v) is 5.74. The van der Waals surface area contributed by atoms with Crippen molar-refractivity contribution < 1.29 is 9.34 Å². The first-order valence-electron chi connectivity index (χ1n) is 5.74. The minimum atomic E-state index is -0.395. The number of furan rings is 1. The van der Waals surface area contributed by atoms with Gasteiger partial charge in [0, 0.05) is 17.7 Å². The Labute approximate surface area is 105 Å². The molecule has 0 bridgehead atoms. The van der Waals surface area contributed by atoms with Crippen molar-refractivity contribution in [1.29, 1.82) is 0 Å². The highest BCUT2D eigenvalue weighted by molar-refractivity contribution is 5.67. The molecule has 18 heavy (non-hydrogen) atoms. The molecule has 2 aromatic rings. The Hall–Kier alpha value is -2.14. The molecule has 0 spiro atoms. The molecule has 5 heteroatoms. The number of rotatable bonds is 5. The maximum atomic E-state index is 10.7. The molecule has 0 unspecified atom stereocenters. The molecule has 1 aromatic heterocycles. The lowest BCUT2D eigenvalue weighted by atomic mass is 10.1. The van der Waals surface area contributed by atoms with E-state index >= 15 is 0 Å². The predicted octanol–water partition coefficient (Wildman–Crippen LogP) is 2.96. The van der Waals surface area contributed by atoms with Crippen LogP contribution in [0.4, 0.5) is 5.69 Å². The monoisotopic (exact) mass is 246 g/mol. The van der Waals surface area contributed by atoms with E-state index in [-0.39, 0.29) is 5.69 Å². The molecule has 0 aliphatic carbocycles. The number of benzene rings is 1. The Kier molecular flexibility index (Phi) is 3.74. The molecule has 5 nitrogen and oxygen atoms in total. The number of nitrogens with one attached hydrogen (secondary N) is 1. The summed E-state index contributed by atoms with van der Waals surface area (Å²) < 4.78 is 5.39. The van der Waals surface area contributed by atoms with E-state index < -0.39 is 4.92 Å². The van der Waals surface area contributed by atoms with E-state index in [1.807, 2.05) is 19.1 Å². The SMILES string of the molecule is CCNCc1occc1-c1cccc([N+](=O)[O-])c1. The van der Waals surface area contributed by atoms with Crippen molar-refractivity contribution in [3.8, 4) is 11.1 Å². The Morgan fingerprint density at radius 1 is 1.39 bits per heavy atom. The number of non-ortho nitro benzene ring substituents is 1. The van der Waals surface area contributed by atoms with Gasteiger partial charge >= 0.3 is 0 Å². The molecular formula is C13H14N2O3. The van der Waals surface area contributed by atoms with Crippen LogP contribution in [0.5, 0.6) is 0 Å². The lowest BCUT2D eigenvalue weighted by molar-refractivity contribution is -0.384. The smallest absolute Gasteiger partial charge is 0.270 e. The van der Waals surface area contributed by atoms with Gasteiger partial charge in [0.1, 0.15) is 5.76 Å². The second kappa shape index (κ2) is 5.46. The van der Waals surface area contributed by atoms with Crippen molar-refractivity contribution in [3.05, 3.63) is 52.5 Å². The van der Waals surface area contributed by atoms with Crippen LogP contribution in [0, 0.1) is 10.1 Å². The molecule has 1 heterocycles. The van der Waals surface area contributed by atoms with E-state index in [4.69, 9.17) is 4.42 Å². The number of hydrogen-bond donors (Lipinski definition) is 1. The fraction of sp³-hybridized carbons (Fsp3) is 0.231. The summed E-state index contributed by atoms with van der Waals surface area (Å²) in [5.41, 5.74) is 1.77. The van der Waals surface area contributed by atoms with Crippen LogP contribution < -0.4 is 5.32 Å². The minimum Gasteiger partial charge on any atom is -0.467 e. The summed E-state index contributed by atoms with van der Waals surface area (Å²) in [5, 5.41) is 13.9. The molecule has 0 saturated carbocycles. The van der Waals surface area contributed by atoms with E-state index in [2.05, 4.69) is 5.32 Å². The summed E-state index contributed by atoms with van der Waals surface area (Å²) in [6, 6.07) is 8.38. The molecule has 0 aliphatic heterocycles. The first kappa shape index (κ1) is 12.3. The van der Waals surface area contributed by atoms with Crippen molar-refractivity contribution in [3.63, 3.8) is 0 Å². The maximum absolute atomic E-state index is 10.7. The molecule has 0 atom stereocenters. The van der Waals surface area contributed by atoms with E-state index in [1.54, 1.807) is 18.4 Å². The topological polar surface area (TPSA) is 68.3 Å². The predicted molar refractivity (Wildman–Crippen MR) is 68.2 cm³/mol. The van der Waals surface area contributed by atoms with Gasteiger partial charge in [-0.2, -0.15) is 0 Å². The van der Waals surface area contributed by atoms with Gasteiger partial charge in [0.15, 0.2) is 0 Å². The van der Waals surface area contributed by atoms with Crippen molar-refractivity contribution in [2.45, 2.75) is 13.5 Å². The second-order valence-corrected chi connectivity index (χ2v) is 3.85. The lowest BCUT2D eigenvalue weighted by Gasteiger charge is -2.03. The normalized spacial score (nSPS) is 10.5. The molecule has 0 fully saturated rings. The number of nitro benzene ring substituents is 1. The van der Waals surface area contributed by atoms with Crippen LogP contribution in [0.1, 0.15) is 12.7 Å². The Morgan fingerprint density at radius 2 is 2.22 bits per heavy atom. The Balaban J connectivity index is 2.33. The van der Waals surface area contributed by atoms with E-state index in [0.717, 1.165) is 23.4 Å². The van der Waals surface area contributed by atoms with Gasteiger partial charge in [-0.15, -0.1) is 0 Å². The highest BCUT2D eigenvalue weighted by Gasteiger charge is 2.12. The van der Waals surface area contributed by atoms with E-state index in [9.17, 15) is 10.1 Å². The average molecular weight is 246 g/mol. The zero-order valence-corrected chi connectivity index (χ0v) is 10.1. The van der Waals surface area contributed by atoms with E-state index in [1.165, 1.54) is 6.07 Å². The van der Waals surface area contributed by atoms with Gasteiger partial charge in [-0.3, -0.25) is 10.1 Å². The fourth-order valence-corrected chi connectivity index (χ4v) is 1.76. The van der Waals surface area contributed by atoms with Crippen molar-refractivity contribution in [2.24, 2.45) is 0 Å². The van der Waals surface area contributed by atoms with Gasteiger partial charge < -0.3 is 9.73 Å². The Morgan fingerprint density at radius 3 is 2.94 bits per heavy atom. The summed E-state index contributed by atoms with van der Waals surface area (Å²) in [4.78, 5) is 10.4. The molecule has 94 valence electrons. The highest BCUT2D eigenvalue weighted by Crippen LogP contribution is 2.27. The van der Waals surface area contributed by atoms with Crippen LogP contribution >= 0.6 is 0 Å². The summed E-state index contributed by atoms with van der Waals surface area (Å²) in [7, 11) is 0. The number of nitrogens with zero attached hydrogens (tertiary/aromatic N) is 1. The maximum Gasteiger partial charge on any atom is 0.270 e.